The van der Waals surface area contributed by atoms with Gasteiger partial charge in [-0.3, -0.25) is 4.90 Å². The number of hydrogen-bond acceptors (Lipinski definition) is 3. The Kier molecular flexibility index (Phi) is 4.79. The van der Waals surface area contributed by atoms with Gasteiger partial charge in [0.1, 0.15) is 5.82 Å². The minimum absolute atomic E-state index is 0.0989. The Bertz CT molecular complexity index is 441. The molecule has 2 N–H and O–H groups in total. The highest BCUT2D eigenvalue weighted by Gasteiger charge is 2.28. The van der Waals surface area contributed by atoms with Gasteiger partial charge < -0.3 is 10.6 Å². The number of halogens is 2. The lowest BCUT2D eigenvalue weighted by atomic mass is 10.0. The molecule has 0 bridgehead atoms. The van der Waals surface area contributed by atoms with Gasteiger partial charge in [-0.2, -0.15) is 0 Å². The van der Waals surface area contributed by atoms with Gasteiger partial charge in [-0.15, -0.1) is 0 Å². The largest absolute Gasteiger partial charge is 0.329 e. The molecule has 1 fully saturated rings. The van der Waals surface area contributed by atoms with E-state index in [1.807, 2.05) is 0 Å². The van der Waals surface area contributed by atoms with E-state index in [9.17, 15) is 4.39 Å². The lowest BCUT2D eigenvalue weighted by molar-refractivity contribution is 0.0635. The smallest absolute Gasteiger partial charge is 0.141 e. The molecule has 19 heavy (non-hydrogen) atoms. The summed E-state index contributed by atoms with van der Waals surface area (Å²) in [6, 6.07) is 5.42. The highest BCUT2D eigenvalue weighted by Crippen LogP contribution is 2.27. The van der Waals surface area contributed by atoms with Crippen LogP contribution >= 0.6 is 11.6 Å². The molecule has 0 saturated carbocycles. The molecule has 0 aromatic heterocycles. The molecular formula is C14H21ClFN3. The summed E-state index contributed by atoms with van der Waals surface area (Å²) in [7, 11) is 2.13. The van der Waals surface area contributed by atoms with E-state index < -0.39 is 0 Å². The molecule has 0 radical (unpaired) electrons. The van der Waals surface area contributed by atoms with Gasteiger partial charge in [-0.05, 0) is 31.7 Å². The number of hydrogen-bond donors (Lipinski definition) is 1. The van der Waals surface area contributed by atoms with Crippen molar-refractivity contribution in [1.82, 2.24) is 9.80 Å². The molecule has 1 saturated heterocycles. The van der Waals surface area contributed by atoms with Gasteiger partial charge in [0.2, 0.25) is 0 Å². The molecule has 1 aliphatic heterocycles. The van der Waals surface area contributed by atoms with Crippen molar-refractivity contribution in [2.24, 2.45) is 5.73 Å². The third-order valence-corrected chi connectivity index (χ3v) is 4.12. The second-order valence-electron chi connectivity index (χ2n) is 5.27. The highest BCUT2D eigenvalue weighted by molar-refractivity contribution is 6.30. The quantitative estimate of drug-likeness (QED) is 0.923. The maximum Gasteiger partial charge on any atom is 0.141 e. The molecule has 1 aromatic rings. The van der Waals surface area contributed by atoms with Crippen molar-refractivity contribution in [2.75, 3.05) is 33.2 Å². The summed E-state index contributed by atoms with van der Waals surface area (Å²) < 4.78 is 13.3. The molecular weight excluding hydrogens is 265 g/mol. The summed E-state index contributed by atoms with van der Waals surface area (Å²) in [5.41, 5.74) is 6.92. The third-order valence-electron chi connectivity index (χ3n) is 3.83. The van der Waals surface area contributed by atoms with Gasteiger partial charge in [0, 0.05) is 38.3 Å². The minimum atomic E-state index is -0.382. The molecule has 106 valence electrons. The van der Waals surface area contributed by atoms with Crippen molar-refractivity contribution in [2.45, 2.75) is 19.0 Å². The minimum Gasteiger partial charge on any atom is -0.329 e. The van der Waals surface area contributed by atoms with E-state index in [2.05, 4.69) is 23.8 Å². The molecule has 2 rings (SSSR count). The van der Waals surface area contributed by atoms with Crippen LogP contribution in [0.3, 0.4) is 0 Å². The Morgan fingerprint density at radius 1 is 1.47 bits per heavy atom. The predicted octanol–water partition coefficient (Wildman–Crippen LogP) is 2.11. The van der Waals surface area contributed by atoms with Crippen molar-refractivity contribution in [3.63, 3.8) is 0 Å². The maximum absolute atomic E-state index is 13.3. The number of rotatable bonds is 3. The number of nitrogens with two attached hydrogens (primary N) is 1. The predicted molar refractivity (Wildman–Crippen MR) is 76.9 cm³/mol. The Morgan fingerprint density at radius 2 is 2.21 bits per heavy atom. The van der Waals surface area contributed by atoms with Crippen LogP contribution in [0.5, 0.6) is 0 Å². The number of piperazine rings is 1. The first-order valence-electron chi connectivity index (χ1n) is 6.62. The van der Waals surface area contributed by atoms with E-state index in [-0.39, 0.29) is 16.9 Å². The van der Waals surface area contributed by atoms with E-state index in [0.29, 0.717) is 12.6 Å². The fraction of sp³-hybridized carbons (Fsp3) is 0.571. The number of nitrogens with zero attached hydrogens (tertiary/aromatic N) is 2. The summed E-state index contributed by atoms with van der Waals surface area (Å²) in [4.78, 5) is 4.69. The highest BCUT2D eigenvalue weighted by atomic mass is 35.5. The van der Waals surface area contributed by atoms with Crippen LogP contribution in [0.2, 0.25) is 5.02 Å². The van der Waals surface area contributed by atoms with Crippen LogP contribution in [0, 0.1) is 5.82 Å². The van der Waals surface area contributed by atoms with Crippen LogP contribution in [0.15, 0.2) is 18.2 Å². The first-order chi connectivity index (χ1) is 9.02. The van der Waals surface area contributed by atoms with E-state index >= 15 is 0 Å². The molecule has 0 aliphatic carbocycles. The van der Waals surface area contributed by atoms with E-state index in [1.165, 1.54) is 6.07 Å². The molecule has 3 nitrogen and oxygen atoms in total. The fourth-order valence-corrected chi connectivity index (χ4v) is 2.99. The van der Waals surface area contributed by atoms with Crippen LogP contribution in [0.1, 0.15) is 18.5 Å². The summed E-state index contributed by atoms with van der Waals surface area (Å²) >= 11 is 5.87. The molecule has 0 amide bonds. The van der Waals surface area contributed by atoms with Gasteiger partial charge in [-0.1, -0.05) is 17.7 Å². The first kappa shape index (κ1) is 14.7. The SMILES string of the molecule is CC1CN(C)CCN1C(CN)c1ccc(F)c(Cl)c1. The molecule has 2 atom stereocenters. The third kappa shape index (κ3) is 3.26. The van der Waals surface area contributed by atoms with Gasteiger partial charge in [0.25, 0.3) is 0 Å². The second kappa shape index (κ2) is 6.18. The Labute approximate surface area is 119 Å². The van der Waals surface area contributed by atoms with Gasteiger partial charge in [-0.25, -0.2) is 4.39 Å². The molecule has 1 aromatic carbocycles. The lowest BCUT2D eigenvalue weighted by Crippen LogP contribution is -2.52. The van der Waals surface area contributed by atoms with E-state index in [1.54, 1.807) is 12.1 Å². The Balaban J connectivity index is 2.21. The van der Waals surface area contributed by atoms with Crippen LogP contribution in [0.25, 0.3) is 0 Å². The van der Waals surface area contributed by atoms with Gasteiger partial charge in [0.15, 0.2) is 0 Å². The number of benzene rings is 1. The Morgan fingerprint density at radius 3 is 2.79 bits per heavy atom. The van der Waals surface area contributed by atoms with Crippen molar-refractivity contribution >= 4 is 11.6 Å². The summed E-state index contributed by atoms with van der Waals surface area (Å²) in [5.74, 6) is -0.382. The van der Waals surface area contributed by atoms with Crippen molar-refractivity contribution in [3.05, 3.63) is 34.6 Å². The van der Waals surface area contributed by atoms with Crippen molar-refractivity contribution < 1.29 is 4.39 Å². The molecule has 2 unspecified atom stereocenters. The molecule has 1 heterocycles. The van der Waals surface area contributed by atoms with E-state index in [0.717, 1.165) is 25.2 Å². The summed E-state index contributed by atoms with van der Waals surface area (Å²) in [6.45, 7) is 5.72. The van der Waals surface area contributed by atoms with E-state index in [4.69, 9.17) is 17.3 Å². The summed E-state index contributed by atoms with van der Waals surface area (Å²) in [6.07, 6.45) is 0. The van der Waals surface area contributed by atoms with Crippen molar-refractivity contribution in [3.8, 4) is 0 Å². The zero-order valence-corrected chi connectivity index (χ0v) is 12.2. The van der Waals surface area contributed by atoms with Gasteiger partial charge in [0.05, 0.1) is 5.02 Å². The molecule has 1 aliphatic rings. The molecule has 0 spiro atoms. The van der Waals surface area contributed by atoms with Crippen molar-refractivity contribution in [1.29, 1.82) is 0 Å². The molecule has 5 heteroatoms. The average Bonchev–Trinajstić information content (AvgIpc) is 2.37. The maximum atomic E-state index is 13.3. The van der Waals surface area contributed by atoms with Crippen LogP contribution in [0.4, 0.5) is 4.39 Å². The zero-order chi connectivity index (χ0) is 14.0. The second-order valence-corrected chi connectivity index (χ2v) is 5.68. The zero-order valence-electron chi connectivity index (χ0n) is 11.4. The first-order valence-corrected chi connectivity index (χ1v) is 7.00. The van der Waals surface area contributed by atoms with Crippen LogP contribution in [-0.4, -0.2) is 49.1 Å². The number of likely N-dealkylation sites (N-methyl/N-ethyl adjacent to an activating group) is 1. The van der Waals surface area contributed by atoms with Gasteiger partial charge >= 0.3 is 0 Å². The van der Waals surface area contributed by atoms with Crippen LogP contribution < -0.4 is 5.73 Å². The fourth-order valence-electron chi connectivity index (χ4n) is 2.80. The monoisotopic (exact) mass is 285 g/mol. The lowest BCUT2D eigenvalue weighted by Gasteiger charge is -2.42. The van der Waals surface area contributed by atoms with Crippen LogP contribution in [-0.2, 0) is 0 Å². The normalized spacial score (nSPS) is 23.5. The standard InChI is InChI=1S/C14H21ClFN3/c1-10-9-18(2)5-6-19(10)14(8-17)11-3-4-13(16)12(15)7-11/h3-4,7,10,14H,5-6,8-9,17H2,1-2H3. The Hall–Kier alpha value is -0.680. The topological polar surface area (TPSA) is 32.5 Å². The summed E-state index contributed by atoms with van der Waals surface area (Å²) in [5, 5.41) is 0.165. The average molecular weight is 286 g/mol.